The third kappa shape index (κ3) is 5.30. The first kappa shape index (κ1) is 18.4. The zero-order chi connectivity index (χ0) is 16.7. The monoisotopic (exact) mass is 320 g/mol. The first-order valence-electron chi connectivity index (χ1n) is 9.35. The molecule has 23 heavy (non-hydrogen) atoms. The Morgan fingerprint density at radius 3 is 2.43 bits per heavy atom. The van der Waals surface area contributed by atoms with E-state index < -0.39 is 0 Å². The Labute approximate surface area is 142 Å². The fourth-order valence-corrected chi connectivity index (χ4v) is 3.61. The number of quaternary nitrogens is 1. The van der Waals surface area contributed by atoms with Gasteiger partial charge in [0.15, 0.2) is 6.29 Å². The van der Waals surface area contributed by atoms with Crippen LogP contribution in [-0.4, -0.2) is 43.1 Å². The highest BCUT2D eigenvalue weighted by Crippen LogP contribution is 2.40. The van der Waals surface area contributed by atoms with E-state index in [2.05, 4.69) is 52.0 Å². The third-order valence-electron chi connectivity index (χ3n) is 4.95. The predicted octanol–water partition coefficient (Wildman–Crippen LogP) is 4.54. The minimum atomic E-state index is -0.0565. The van der Waals surface area contributed by atoms with Crippen LogP contribution in [0.1, 0.15) is 58.6 Å². The van der Waals surface area contributed by atoms with Gasteiger partial charge in [-0.2, -0.15) is 0 Å². The summed E-state index contributed by atoms with van der Waals surface area (Å²) in [7, 11) is 0. The van der Waals surface area contributed by atoms with Crippen LogP contribution in [0, 0.1) is 0 Å². The van der Waals surface area contributed by atoms with Gasteiger partial charge in [-0.3, -0.25) is 0 Å². The van der Waals surface area contributed by atoms with Crippen molar-refractivity contribution in [1.29, 1.82) is 0 Å². The van der Waals surface area contributed by atoms with Gasteiger partial charge in [-0.05, 0) is 32.3 Å². The maximum atomic E-state index is 6.17. The Bertz CT molecular complexity index is 450. The highest BCUT2D eigenvalue weighted by atomic mass is 16.8. The molecule has 130 valence electrons. The molecule has 1 fully saturated rings. The molecule has 0 aromatic heterocycles. The number of epoxide rings is 1. The van der Waals surface area contributed by atoms with E-state index in [0.29, 0.717) is 0 Å². The molecule has 0 bridgehead atoms. The summed E-state index contributed by atoms with van der Waals surface area (Å²) in [5, 5.41) is 0. The second-order valence-corrected chi connectivity index (χ2v) is 6.92. The highest BCUT2D eigenvalue weighted by Gasteiger charge is 2.43. The zero-order valence-corrected chi connectivity index (χ0v) is 15.3. The molecular weight excluding hydrogens is 286 g/mol. The summed E-state index contributed by atoms with van der Waals surface area (Å²) in [6.07, 6.45) is 4.10. The Morgan fingerprint density at radius 1 is 1.09 bits per heavy atom. The van der Waals surface area contributed by atoms with E-state index in [1.165, 1.54) is 48.9 Å². The lowest BCUT2D eigenvalue weighted by Gasteiger charge is -2.39. The Hall–Kier alpha value is -0.900. The first-order chi connectivity index (χ1) is 11.1. The molecule has 1 aromatic carbocycles. The summed E-state index contributed by atoms with van der Waals surface area (Å²) in [5.74, 6) is 0. The molecule has 4 atom stereocenters. The number of rotatable bonds is 11. The second kappa shape index (κ2) is 8.81. The second-order valence-electron chi connectivity index (χ2n) is 6.92. The average Bonchev–Trinajstić information content (AvgIpc) is 3.32. The molecule has 3 heteroatoms. The van der Waals surface area contributed by atoms with Crippen LogP contribution in [0.15, 0.2) is 30.3 Å². The molecule has 1 aliphatic heterocycles. The van der Waals surface area contributed by atoms with E-state index in [-0.39, 0.29) is 18.5 Å². The standard InChI is InChI=1S/C20H34NO2/c1-5-8-15-21(7-3,14-6-2)16-17(4)22-20-19(23-20)18-12-10-9-11-13-18/h9-13,17,19-20H,5-8,14-16H2,1-4H3/q+1. The van der Waals surface area contributed by atoms with Crippen molar-refractivity contribution in [3.05, 3.63) is 35.9 Å². The van der Waals surface area contributed by atoms with Crippen LogP contribution in [0.25, 0.3) is 0 Å². The fraction of sp³-hybridized carbons (Fsp3) is 0.700. The van der Waals surface area contributed by atoms with E-state index in [0.717, 1.165) is 6.54 Å². The van der Waals surface area contributed by atoms with E-state index in [9.17, 15) is 0 Å². The molecule has 1 heterocycles. The Morgan fingerprint density at radius 2 is 1.83 bits per heavy atom. The lowest BCUT2D eigenvalue weighted by atomic mass is 10.1. The van der Waals surface area contributed by atoms with Gasteiger partial charge in [0.2, 0.25) is 0 Å². The Balaban J connectivity index is 1.86. The van der Waals surface area contributed by atoms with Crippen molar-refractivity contribution in [3.63, 3.8) is 0 Å². The van der Waals surface area contributed by atoms with Crippen molar-refractivity contribution in [3.8, 4) is 0 Å². The van der Waals surface area contributed by atoms with Crippen molar-refractivity contribution in [1.82, 2.24) is 0 Å². The van der Waals surface area contributed by atoms with Gasteiger partial charge in [-0.1, -0.05) is 50.6 Å². The first-order valence-corrected chi connectivity index (χ1v) is 9.35. The number of likely N-dealkylation sites (N-methyl/N-ethyl adjacent to an activating group) is 1. The smallest absolute Gasteiger partial charge is 0.189 e. The summed E-state index contributed by atoms with van der Waals surface area (Å²) in [6.45, 7) is 13.9. The minimum Gasteiger partial charge on any atom is -0.341 e. The van der Waals surface area contributed by atoms with Crippen molar-refractivity contribution in [2.45, 2.75) is 65.5 Å². The van der Waals surface area contributed by atoms with Gasteiger partial charge in [0.25, 0.3) is 0 Å². The third-order valence-corrected chi connectivity index (χ3v) is 4.95. The summed E-state index contributed by atoms with van der Waals surface area (Å²) in [4.78, 5) is 0. The molecule has 4 unspecified atom stereocenters. The van der Waals surface area contributed by atoms with Crippen LogP contribution in [0.5, 0.6) is 0 Å². The fourth-order valence-electron chi connectivity index (χ4n) is 3.61. The number of hydrogen-bond donors (Lipinski definition) is 0. The average molecular weight is 320 g/mol. The number of unbranched alkanes of at least 4 members (excludes halogenated alkanes) is 1. The van der Waals surface area contributed by atoms with Crippen LogP contribution < -0.4 is 0 Å². The van der Waals surface area contributed by atoms with Gasteiger partial charge >= 0.3 is 0 Å². The van der Waals surface area contributed by atoms with Gasteiger partial charge < -0.3 is 14.0 Å². The predicted molar refractivity (Wildman–Crippen MR) is 95.2 cm³/mol. The van der Waals surface area contributed by atoms with Crippen molar-refractivity contribution < 1.29 is 14.0 Å². The molecule has 3 nitrogen and oxygen atoms in total. The molecule has 1 aliphatic rings. The van der Waals surface area contributed by atoms with E-state index in [4.69, 9.17) is 9.47 Å². The minimum absolute atomic E-state index is 0.0565. The number of ether oxygens (including phenoxy) is 2. The molecule has 2 rings (SSSR count). The largest absolute Gasteiger partial charge is 0.341 e. The van der Waals surface area contributed by atoms with Crippen molar-refractivity contribution in [2.24, 2.45) is 0 Å². The summed E-state index contributed by atoms with van der Waals surface area (Å²) < 4.78 is 13.1. The normalized spacial score (nSPS) is 24.2. The van der Waals surface area contributed by atoms with Gasteiger partial charge in [0.1, 0.15) is 18.8 Å². The summed E-state index contributed by atoms with van der Waals surface area (Å²) >= 11 is 0. The molecule has 0 saturated carbocycles. The molecule has 0 amide bonds. The summed E-state index contributed by atoms with van der Waals surface area (Å²) in [5.41, 5.74) is 1.22. The summed E-state index contributed by atoms with van der Waals surface area (Å²) in [6, 6.07) is 10.4. The van der Waals surface area contributed by atoms with Crippen LogP contribution in [0.3, 0.4) is 0 Å². The maximum absolute atomic E-state index is 6.17. The van der Waals surface area contributed by atoms with E-state index in [1.54, 1.807) is 0 Å². The van der Waals surface area contributed by atoms with Crippen LogP contribution in [-0.2, 0) is 9.47 Å². The molecule has 1 aromatic rings. The van der Waals surface area contributed by atoms with E-state index in [1.807, 2.05) is 6.07 Å². The highest BCUT2D eigenvalue weighted by molar-refractivity contribution is 5.21. The molecular formula is C20H34NO2+. The van der Waals surface area contributed by atoms with Gasteiger partial charge in [0.05, 0.1) is 19.6 Å². The maximum Gasteiger partial charge on any atom is 0.189 e. The van der Waals surface area contributed by atoms with Crippen molar-refractivity contribution >= 4 is 0 Å². The topological polar surface area (TPSA) is 21.8 Å². The Kier molecular flexibility index (Phi) is 7.07. The number of benzene rings is 1. The van der Waals surface area contributed by atoms with Crippen LogP contribution in [0.4, 0.5) is 0 Å². The van der Waals surface area contributed by atoms with Crippen LogP contribution >= 0.6 is 0 Å². The molecule has 0 aliphatic carbocycles. The lowest BCUT2D eigenvalue weighted by Crippen LogP contribution is -2.53. The van der Waals surface area contributed by atoms with Crippen LogP contribution in [0.2, 0.25) is 0 Å². The quantitative estimate of drug-likeness (QED) is 0.441. The number of hydrogen-bond acceptors (Lipinski definition) is 2. The molecule has 0 N–H and O–H groups in total. The lowest BCUT2D eigenvalue weighted by molar-refractivity contribution is -0.929. The zero-order valence-electron chi connectivity index (χ0n) is 15.3. The molecule has 0 radical (unpaired) electrons. The molecule has 1 saturated heterocycles. The molecule has 0 spiro atoms. The SMILES string of the molecule is CCCC[N+](CC)(CCC)CC(C)OC1OC1c1ccccc1. The number of nitrogens with zero attached hydrogens (tertiary/aromatic N) is 1. The van der Waals surface area contributed by atoms with Crippen molar-refractivity contribution in [2.75, 3.05) is 26.2 Å². The van der Waals surface area contributed by atoms with Gasteiger partial charge in [-0.15, -0.1) is 0 Å². The van der Waals surface area contributed by atoms with Gasteiger partial charge in [0, 0.05) is 0 Å². The van der Waals surface area contributed by atoms with Gasteiger partial charge in [-0.25, -0.2) is 0 Å². The van der Waals surface area contributed by atoms with E-state index >= 15 is 0 Å².